The van der Waals surface area contributed by atoms with Gasteiger partial charge in [-0.05, 0) is 37.3 Å². The zero-order chi connectivity index (χ0) is 23.1. The number of benzene rings is 2. The minimum Gasteiger partial charge on any atom is -0.495 e. The maximum Gasteiger partial charge on any atom is 0.362 e. The number of carbonyl (C=O) groups is 2. The van der Waals surface area contributed by atoms with Crippen molar-refractivity contribution in [1.29, 1.82) is 0 Å². The minimum absolute atomic E-state index is 0.101. The Bertz CT molecular complexity index is 1190. The van der Waals surface area contributed by atoms with Crippen molar-refractivity contribution in [2.24, 2.45) is 0 Å². The van der Waals surface area contributed by atoms with Crippen LogP contribution in [0.25, 0.3) is 5.69 Å². The molecule has 0 fully saturated rings. The standard InChI is InChI=1S/C22H20BrN3O6/c1-3-31-22(29)21-18(12-20(28)26(25-21)15-8-6-7-14(23)11-15)32-13-19(27)24-16-9-4-5-10-17(16)30-2/h4-12H,3,13H2,1-2H3,(H,24,27). The summed E-state index contributed by atoms with van der Waals surface area (Å²) in [6.45, 7) is 1.28. The van der Waals surface area contributed by atoms with Crippen LogP contribution in [-0.2, 0) is 9.53 Å². The van der Waals surface area contributed by atoms with Crippen LogP contribution in [0.3, 0.4) is 0 Å². The smallest absolute Gasteiger partial charge is 0.362 e. The molecule has 0 atom stereocenters. The Balaban J connectivity index is 1.86. The van der Waals surface area contributed by atoms with Crippen molar-refractivity contribution in [1.82, 2.24) is 9.78 Å². The molecule has 1 heterocycles. The molecule has 0 unspecified atom stereocenters. The third-order valence-electron chi connectivity index (χ3n) is 4.16. The molecule has 32 heavy (non-hydrogen) atoms. The van der Waals surface area contributed by atoms with Crippen LogP contribution in [0, 0.1) is 0 Å². The summed E-state index contributed by atoms with van der Waals surface area (Å²) in [4.78, 5) is 37.4. The molecule has 0 aliphatic carbocycles. The summed E-state index contributed by atoms with van der Waals surface area (Å²) >= 11 is 3.34. The number of esters is 1. The monoisotopic (exact) mass is 501 g/mol. The predicted molar refractivity (Wildman–Crippen MR) is 121 cm³/mol. The van der Waals surface area contributed by atoms with Crippen LogP contribution in [-0.4, -0.2) is 42.0 Å². The number of methoxy groups -OCH3 is 1. The van der Waals surface area contributed by atoms with E-state index in [-0.39, 0.29) is 18.1 Å². The number of hydrogen-bond acceptors (Lipinski definition) is 7. The Labute approximate surface area is 192 Å². The number of ether oxygens (including phenoxy) is 3. The van der Waals surface area contributed by atoms with Gasteiger partial charge in [0.05, 0.1) is 31.2 Å². The van der Waals surface area contributed by atoms with Gasteiger partial charge in [0, 0.05) is 4.47 Å². The molecular weight excluding hydrogens is 482 g/mol. The zero-order valence-corrected chi connectivity index (χ0v) is 18.9. The molecule has 0 spiro atoms. The van der Waals surface area contributed by atoms with Gasteiger partial charge in [-0.2, -0.15) is 9.78 Å². The maximum atomic E-state index is 12.6. The maximum absolute atomic E-state index is 12.6. The van der Waals surface area contributed by atoms with Crippen LogP contribution in [0.15, 0.2) is 63.9 Å². The lowest BCUT2D eigenvalue weighted by atomic mass is 10.3. The Morgan fingerprint density at radius 3 is 2.59 bits per heavy atom. The molecule has 0 aliphatic rings. The van der Waals surface area contributed by atoms with E-state index in [0.29, 0.717) is 17.1 Å². The first-order valence-electron chi connectivity index (χ1n) is 9.56. The fourth-order valence-electron chi connectivity index (χ4n) is 2.76. The van der Waals surface area contributed by atoms with Gasteiger partial charge in [0.15, 0.2) is 12.4 Å². The van der Waals surface area contributed by atoms with Gasteiger partial charge in [-0.25, -0.2) is 4.79 Å². The molecule has 1 aromatic heterocycles. The second-order valence-electron chi connectivity index (χ2n) is 6.34. The van der Waals surface area contributed by atoms with E-state index >= 15 is 0 Å². The molecular formula is C22H20BrN3O6. The molecule has 3 rings (SSSR count). The van der Waals surface area contributed by atoms with Gasteiger partial charge in [0.25, 0.3) is 11.5 Å². The highest BCUT2D eigenvalue weighted by atomic mass is 79.9. The van der Waals surface area contributed by atoms with Crippen molar-refractivity contribution in [3.8, 4) is 17.2 Å². The highest BCUT2D eigenvalue weighted by molar-refractivity contribution is 9.10. The number of amides is 1. The van der Waals surface area contributed by atoms with Gasteiger partial charge in [0.2, 0.25) is 5.69 Å². The number of carbonyl (C=O) groups excluding carboxylic acids is 2. The summed E-state index contributed by atoms with van der Waals surface area (Å²) in [6.07, 6.45) is 0. The number of aromatic nitrogens is 2. The number of halogens is 1. The van der Waals surface area contributed by atoms with Gasteiger partial charge in [-0.15, -0.1) is 0 Å². The van der Waals surface area contributed by atoms with E-state index in [1.165, 1.54) is 7.11 Å². The van der Waals surface area contributed by atoms with E-state index in [4.69, 9.17) is 14.2 Å². The first-order chi connectivity index (χ1) is 15.4. The summed E-state index contributed by atoms with van der Waals surface area (Å²) in [5, 5.41) is 6.77. The number of nitrogens with zero attached hydrogens (tertiary/aromatic N) is 2. The highest BCUT2D eigenvalue weighted by Crippen LogP contribution is 2.23. The topological polar surface area (TPSA) is 109 Å². The van der Waals surface area contributed by atoms with Crippen LogP contribution in [0.5, 0.6) is 11.5 Å². The van der Waals surface area contributed by atoms with Crippen molar-refractivity contribution in [2.75, 3.05) is 25.6 Å². The Morgan fingerprint density at radius 1 is 1.09 bits per heavy atom. The average Bonchev–Trinajstić information content (AvgIpc) is 2.78. The molecule has 3 aromatic rings. The van der Waals surface area contributed by atoms with Crippen molar-refractivity contribution in [2.45, 2.75) is 6.92 Å². The quantitative estimate of drug-likeness (QED) is 0.472. The summed E-state index contributed by atoms with van der Waals surface area (Å²) < 4.78 is 17.5. The molecule has 1 amide bonds. The number of anilines is 1. The second-order valence-corrected chi connectivity index (χ2v) is 7.26. The minimum atomic E-state index is -0.781. The van der Waals surface area contributed by atoms with Crippen molar-refractivity contribution in [3.63, 3.8) is 0 Å². The molecule has 10 heteroatoms. The SMILES string of the molecule is CCOC(=O)c1nn(-c2cccc(Br)c2)c(=O)cc1OCC(=O)Nc1ccccc1OC. The Hall–Kier alpha value is -3.66. The number of nitrogens with one attached hydrogen (secondary N) is 1. The number of hydrogen-bond donors (Lipinski definition) is 1. The number of rotatable bonds is 8. The summed E-state index contributed by atoms with van der Waals surface area (Å²) in [5.41, 5.74) is 0.126. The van der Waals surface area contributed by atoms with Crippen LogP contribution in [0.1, 0.15) is 17.4 Å². The molecule has 0 saturated carbocycles. The fourth-order valence-corrected chi connectivity index (χ4v) is 3.15. The van der Waals surface area contributed by atoms with Crippen LogP contribution in [0.4, 0.5) is 5.69 Å². The molecule has 9 nitrogen and oxygen atoms in total. The summed E-state index contributed by atoms with van der Waals surface area (Å²) in [6, 6.07) is 14.8. The van der Waals surface area contributed by atoms with E-state index in [9.17, 15) is 14.4 Å². The highest BCUT2D eigenvalue weighted by Gasteiger charge is 2.21. The first kappa shape index (κ1) is 23.0. The molecule has 1 N–H and O–H groups in total. The van der Waals surface area contributed by atoms with E-state index in [2.05, 4.69) is 26.3 Å². The molecule has 0 aliphatic heterocycles. The fraction of sp³-hybridized carbons (Fsp3) is 0.182. The second kappa shape index (κ2) is 10.6. The predicted octanol–water partition coefficient (Wildman–Crippen LogP) is 3.20. The van der Waals surface area contributed by atoms with Gasteiger partial charge < -0.3 is 19.5 Å². The lowest BCUT2D eigenvalue weighted by molar-refractivity contribution is -0.118. The normalized spacial score (nSPS) is 10.3. The summed E-state index contributed by atoms with van der Waals surface area (Å²) in [5.74, 6) is -0.974. The molecule has 0 radical (unpaired) electrons. The van der Waals surface area contributed by atoms with Crippen molar-refractivity contribution in [3.05, 3.63) is 75.1 Å². The van der Waals surface area contributed by atoms with Gasteiger partial charge >= 0.3 is 5.97 Å². The van der Waals surface area contributed by atoms with E-state index in [1.807, 2.05) is 0 Å². The molecule has 2 aromatic carbocycles. The van der Waals surface area contributed by atoms with Gasteiger partial charge in [-0.1, -0.05) is 34.1 Å². The molecule has 0 saturated heterocycles. The van der Waals surface area contributed by atoms with Crippen LogP contribution in [0.2, 0.25) is 0 Å². The van der Waals surface area contributed by atoms with Gasteiger partial charge in [0.1, 0.15) is 5.75 Å². The van der Waals surface area contributed by atoms with Crippen LogP contribution < -0.4 is 20.3 Å². The zero-order valence-electron chi connectivity index (χ0n) is 17.3. The third-order valence-corrected chi connectivity index (χ3v) is 4.65. The Morgan fingerprint density at radius 2 is 1.88 bits per heavy atom. The van der Waals surface area contributed by atoms with E-state index in [1.54, 1.807) is 55.5 Å². The van der Waals surface area contributed by atoms with Crippen LogP contribution >= 0.6 is 15.9 Å². The lowest BCUT2D eigenvalue weighted by Crippen LogP contribution is -2.27. The number of para-hydroxylation sites is 2. The first-order valence-corrected chi connectivity index (χ1v) is 10.3. The summed E-state index contributed by atoms with van der Waals surface area (Å²) in [7, 11) is 1.49. The van der Waals surface area contributed by atoms with Crippen molar-refractivity contribution >= 4 is 33.5 Å². The van der Waals surface area contributed by atoms with Gasteiger partial charge in [-0.3, -0.25) is 9.59 Å². The third kappa shape index (κ3) is 5.52. The molecule has 166 valence electrons. The molecule has 0 bridgehead atoms. The average molecular weight is 502 g/mol. The lowest BCUT2D eigenvalue weighted by Gasteiger charge is -2.13. The van der Waals surface area contributed by atoms with Crippen molar-refractivity contribution < 1.29 is 23.8 Å². The Kier molecular flexibility index (Phi) is 7.61. The van der Waals surface area contributed by atoms with E-state index in [0.717, 1.165) is 15.2 Å². The largest absolute Gasteiger partial charge is 0.495 e. The van der Waals surface area contributed by atoms with E-state index < -0.39 is 24.0 Å².